The summed E-state index contributed by atoms with van der Waals surface area (Å²) in [4.78, 5) is 54.3. The highest BCUT2D eigenvalue weighted by Gasteiger charge is 2.46. The van der Waals surface area contributed by atoms with Crippen molar-refractivity contribution < 1.29 is 41.8 Å². The van der Waals surface area contributed by atoms with Gasteiger partial charge in [-0.15, -0.1) is 0 Å². The number of nitrogens with one attached hydrogen (secondary N) is 3. The Morgan fingerprint density at radius 1 is 0.575 bits per heavy atom. The third kappa shape index (κ3) is 18.0. The van der Waals surface area contributed by atoms with E-state index >= 15 is 0 Å². The molecular formula is C63H90Cl2F4N6O5. The van der Waals surface area contributed by atoms with Crippen molar-refractivity contribution >= 4 is 46.9 Å². The molecule has 0 saturated carbocycles. The van der Waals surface area contributed by atoms with Gasteiger partial charge in [-0.25, -0.2) is 17.6 Å². The summed E-state index contributed by atoms with van der Waals surface area (Å²) in [7, 11) is 0. The molecule has 0 aliphatic carbocycles. The van der Waals surface area contributed by atoms with Crippen molar-refractivity contribution in [2.45, 2.75) is 164 Å². The normalized spacial score (nSPS) is 20.7. The minimum absolute atomic E-state index is 0. The van der Waals surface area contributed by atoms with Gasteiger partial charge in [-0.3, -0.25) is 29.0 Å². The largest absolute Gasteiger partial charge is 0.481 e. The van der Waals surface area contributed by atoms with Gasteiger partial charge in [0.05, 0.1) is 23.9 Å². The van der Waals surface area contributed by atoms with E-state index in [1.807, 2.05) is 74.8 Å². The van der Waals surface area contributed by atoms with E-state index in [-0.39, 0.29) is 80.6 Å². The SMILES string of the molecule is C.C.C.CC(=O)N[C@@H](C)c1cc(Cl)ccc1C1CCN(C(=O)C2CN(C(C)(C)C)C[C@H]2c2ccc(F)cc2F)CC1.CC(=O)N[C@@H](C)c1cc(Cl)ccc1C1CCNCC1.CC(C)(C)N1C[C@@H](C(=O)O)[C@H](c2ccc(F)cc2F)C1. The van der Waals surface area contributed by atoms with Crippen molar-refractivity contribution in [1.82, 2.24) is 30.7 Å². The van der Waals surface area contributed by atoms with Crippen LogP contribution >= 0.6 is 23.2 Å². The van der Waals surface area contributed by atoms with E-state index < -0.39 is 47.0 Å². The molecular weight excluding hydrogens is 1070 g/mol. The first-order valence-electron chi connectivity index (χ1n) is 26.9. The summed E-state index contributed by atoms with van der Waals surface area (Å²) in [5, 5.41) is 20.0. The highest BCUT2D eigenvalue weighted by molar-refractivity contribution is 6.31. The van der Waals surface area contributed by atoms with Crippen molar-refractivity contribution in [2.24, 2.45) is 11.8 Å². The zero-order valence-electron chi connectivity index (χ0n) is 46.2. The van der Waals surface area contributed by atoms with Gasteiger partial charge in [-0.05, 0) is 176 Å². The van der Waals surface area contributed by atoms with Crippen molar-refractivity contribution in [2.75, 3.05) is 52.4 Å². The number of piperidine rings is 2. The maximum atomic E-state index is 14.8. The molecule has 0 spiro atoms. The number of carbonyl (C=O) groups is 4. The van der Waals surface area contributed by atoms with Crippen LogP contribution in [0.1, 0.15) is 186 Å². The summed E-state index contributed by atoms with van der Waals surface area (Å²) in [5.74, 6) is -4.59. The lowest BCUT2D eigenvalue weighted by Gasteiger charge is -2.36. The second-order valence-corrected chi connectivity index (χ2v) is 24.1. The number of nitrogens with zero attached hydrogens (tertiary/aromatic N) is 3. The zero-order valence-corrected chi connectivity index (χ0v) is 47.7. The summed E-state index contributed by atoms with van der Waals surface area (Å²) in [6.07, 6.45) is 3.86. The molecule has 4 aliphatic rings. The molecule has 0 radical (unpaired) electrons. The molecule has 8 rings (SSSR count). The van der Waals surface area contributed by atoms with E-state index in [9.17, 15) is 41.8 Å². The smallest absolute Gasteiger partial charge is 0.308 e. The highest BCUT2D eigenvalue weighted by atomic mass is 35.5. The average Bonchev–Trinajstić information content (AvgIpc) is 4.02. The van der Waals surface area contributed by atoms with E-state index in [0.29, 0.717) is 55.8 Å². The van der Waals surface area contributed by atoms with Gasteiger partial charge in [0, 0.05) is 98.2 Å². The summed E-state index contributed by atoms with van der Waals surface area (Å²) < 4.78 is 55.4. The molecule has 4 aromatic carbocycles. The van der Waals surface area contributed by atoms with Crippen LogP contribution in [0.4, 0.5) is 17.6 Å². The first kappa shape index (κ1) is 69.2. The van der Waals surface area contributed by atoms with Crippen molar-refractivity contribution in [1.29, 1.82) is 0 Å². The predicted molar refractivity (Wildman–Crippen MR) is 316 cm³/mol. The molecule has 0 bridgehead atoms. The van der Waals surface area contributed by atoms with Gasteiger partial charge in [0.25, 0.3) is 0 Å². The lowest BCUT2D eigenvalue weighted by atomic mass is 9.83. The van der Waals surface area contributed by atoms with Crippen LogP contribution in [-0.4, -0.2) is 107 Å². The molecule has 4 aromatic rings. The Kier molecular flexibility index (Phi) is 25.8. The summed E-state index contributed by atoms with van der Waals surface area (Å²) >= 11 is 12.4. The molecule has 0 aromatic heterocycles. The number of aliphatic carboxylic acids is 1. The van der Waals surface area contributed by atoms with Crippen LogP contribution in [0.2, 0.25) is 10.0 Å². The number of halogens is 6. The third-order valence-corrected chi connectivity index (χ3v) is 16.3. The summed E-state index contributed by atoms with van der Waals surface area (Å²) in [5.41, 5.74) is 4.96. The van der Waals surface area contributed by atoms with Crippen molar-refractivity contribution in [3.63, 3.8) is 0 Å². The molecule has 4 aliphatic heterocycles. The number of rotatable bonds is 10. The molecule has 3 amide bonds. The summed E-state index contributed by atoms with van der Waals surface area (Å²) in [6, 6.07) is 18.7. The van der Waals surface area contributed by atoms with E-state index in [0.717, 1.165) is 72.6 Å². The Labute approximate surface area is 484 Å². The first-order chi connectivity index (χ1) is 36.1. The molecule has 4 heterocycles. The van der Waals surface area contributed by atoms with Crippen LogP contribution in [-0.2, 0) is 19.2 Å². The van der Waals surface area contributed by atoms with Crippen LogP contribution < -0.4 is 16.0 Å². The van der Waals surface area contributed by atoms with Crippen LogP contribution in [0.15, 0.2) is 72.8 Å². The van der Waals surface area contributed by atoms with Crippen LogP contribution in [0.5, 0.6) is 0 Å². The molecule has 444 valence electrons. The Bertz CT molecular complexity index is 2720. The van der Waals surface area contributed by atoms with Crippen LogP contribution in [0.3, 0.4) is 0 Å². The second-order valence-electron chi connectivity index (χ2n) is 23.3. The Morgan fingerprint density at radius 2 is 0.950 bits per heavy atom. The summed E-state index contributed by atoms with van der Waals surface area (Å²) in [6.45, 7) is 24.5. The van der Waals surface area contributed by atoms with Gasteiger partial charge in [0.15, 0.2) is 0 Å². The fraction of sp³-hybridized carbons (Fsp3) is 0.556. The Hall–Kier alpha value is -5.06. The number of amides is 3. The Balaban J connectivity index is 0.000000339. The quantitative estimate of drug-likeness (QED) is 0.115. The highest BCUT2D eigenvalue weighted by Crippen LogP contribution is 2.42. The number of carboxylic acid groups (broad SMARTS) is 1. The lowest BCUT2D eigenvalue weighted by molar-refractivity contribution is -0.142. The minimum atomic E-state index is -0.939. The Morgan fingerprint density at radius 3 is 1.32 bits per heavy atom. The first-order valence-corrected chi connectivity index (χ1v) is 27.6. The van der Waals surface area contributed by atoms with E-state index in [2.05, 4.69) is 47.7 Å². The van der Waals surface area contributed by atoms with Gasteiger partial charge >= 0.3 is 5.97 Å². The molecule has 11 nitrogen and oxygen atoms in total. The van der Waals surface area contributed by atoms with E-state index in [1.165, 1.54) is 36.8 Å². The van der Waals surface area contributed by atoms with Crippen molar-refractivity contribution in [3.05, 3.63) is 139 Å². The number of hydrogen-bond acceptors (Lipinski definition) is 7. The van der Waals surface area contributed by atoms with Gasteiger partial charge in [-0.2, -0.15) is 0 Å². The average molecular weight is 1160 g/mol. The maximum absolute atomic E-state index is 14.8. The van der Waals surface area contributed by atoms with Gasteiger partial charge in [0.2, 0.25) is 17.7 Å². The van der Waals surface area contributed by atoms with E-state index in [1.54, 1.807) is 6.92 Å². The number of likely N-dealkylation sites (tertiary alicyclic amines) is 3. The third-order valence-electron chi connectivity index (χ3n) is 15.8. The van der Waals surface area contributed by atoms with Crippen LogP contribution in [0, 0.1) is 35.1 Å². The van der Waals surface area contributed by atoms with Gasteiger partial charge in [0.1, 0.15) is 23.3 Å². The number of carboxylic acids is 1. The van der Waals surface area contributed by atoms with Gasteiger partial charge < -0.3 is 26.0 Å². The standard InChI is InChI=1S/C30H38ClF2N3O2.C15H21ClN2O.C15H19F2NO2.3CH4/c1-18(34-19(2)37)25-14-21(31)6-8-23(25)20-10-12-35(13-11-20)29(38)27-17-36(30(3,4)5)16-26(27)24-9-7-22(32)15-28(24)33;1-10(18-11(2)19)15-9-13(16)3-4-14(15)12-5-7-17-8-6-12;1-15(2,3)18-7-11(12(8-18)14(19)20)10-5-4-9(16)6-13(10)17;;;/h6-9,14-15,18,20,26-27H,10-13,16-17H2,1-5H3,(H,34,37);3-4,9-10,12,17H,5-8H2,1-2H3,(H,18,19);4-6,11-12H,7-8H2,1-3H3,(H,19,20);3*1H4/t18-,26-,27?;10-;11-,12+;;;/m000.../s1. The van der Waals surface area contributed by atoms with Gasteiger partial charge in [-0.1, -0.05) is 69.7 Å². The number of hydrogen-bond donors (Lipinski definition) is 4. The van der Waals surface area contributed by atoms with Crippen molar-refractivity contribution in [3.8, 4) is 0 Å². The zero-order chi connectivity index (χ0) is 56.7. The topological polar surface area (TPSA) is 134 Å². The molecule has 6 atom stereocenters. The second kappa shape index (κ2) is 29.8. The number of benzene rings is 4. The molecule has 80 heavy (non-hydrogen) atoms. The maximum Gasteiger partial charge on any atom is 0.308 e. The monoisotopic (exact) mass is 1160 g/mol. The molecule has 4 fully saturated rings. The fourth-order valence-electron chi connectivity index (χ4n) is 11.6. The molecule has 4 N–H and O–H groups in total. The predicted octanol–water partition coefficient (Wildman–Crippen LogP) is 13.8. The molecule has 17 heteroatoms. The minimum Gasteiger partial charge on any atom is -0.481 e. The van der Waals surface area contributed by atoms with Crippen LogP contribution in [0.25, 0.3) is 0 Å². The number of carbonyl (C=O) groups excluding carboxylic acids is 3. The van der Waals surface area contributed by atoms with E-state index in [4.69, 9.17) is 23.2 Å². The fourth-order valence-corrected chi connectivity index (χ4v) is 11.9. The molecule has 4 saturated heterocycles. The lowest BCUT2D eigenvalue weighted by Crippen LogP contribution is -2.44. The molecule has 1 unspecified atom stereocenters.